The van der Waals surface area contributed by atoms with Crippen LogP contribution in [0.15, 0.2) is 146 Å². The minimum Gasteiger partial charge on any atom is -0.208 e. The van der Waals surface area contributed by atoms with E-state index in [4.69, 9.17) is 15.0 Å². The molecule has 0 saturated carbocycles. The number of benzene rings is 6. The number of hydrogen-bond acceptors (Lipinski definition) is 3. The van der Waals surface area contributed by atoms with Gasteiger partial charge in [-0.15, -0.1) is 0 Å². The molecule has 0 bridgehead atoms. The highest BCUT2D eigenvalue weighted by Gasteiger charge is 2.52. The summed E-state index contributed by atoms with van der Waals surface area (Å²) in [4.78, 5) is 15.1. The number of rotatable bonds is 3. The summed E-state index contributed by atoms with van der Waals surface area (Å²) in [6.45, 7) is 6.90. The summed E-state index contributed by atoms with van der Waals surface area (Å²) in [6, 6.07) is 52.2. The Morgan fingerprint density at radius 2 is 0.809 bits per heavy atom. The summed E-state index contributed by atoms with van der Waals surface area (Å²) < 4.78 is 0. The van der Waals surface area contributed by atoms with Gasteiger partial charge < -0.3 is 0 Å². The minimum absolute atomic E-state index is 0.0142. The van der Waals surface area contributed by atoms with Crippen LogP contribution in [0.2, 0.25) is 0 Å². The van der Waals surface area contributed by atoms with Crippen LogP contribution in [0, 0.1) is 0 Å². The number of fused-ring (bicyclic) bond motifs is 10. The van der Waals surface area contributed by atoms with Gasteiger partial charge in [0.05, 0.1) is 5.41 Å². The second-order valence-corrected chi connectivity index (χ2v) is 13.7. The zero-order valence-corrected chi connectivity index (χ0v) is 26.7. The summed E-state index contributed by atoms with van der Waals surface area (Å²) in [7, 11) is 0. The Kier molecular flexibility index (Phi) is 5.98. The van der Waals surface area contributed by atoms with Crippen molar-refractivity contribution in [2.75, 3.05) is 0 Å². The van der Waals surface area contributed by atoms with Crippen molar-refractivity contribution in [2.45, 2.75) is 31.6 Å². The molecule has 47 heavy (non-hydrogen) atoms. The van der Waals surface area contributed by atoms with E-state index in [1.54, 1.807) is 0 Å². The molecule has 2 aliphatic rings. The van der Waals surface area contributed by atoms with Crippen LogP contribution in [-0.4, -0.2) is 15.0 Å². The van der Waals surface area contributed by atoms with Gasteiger partial charge in [0, 0.05) is 16.7 Å². The van der Waals surface area contributed by atoms with Gasteiger partial charge in [0.15, 0.2) is 17.5 Å². The first-order valence-corrected chi connectivity index (χ1v) is 16.3. The van der Waals surface area contributed by atoms with Crippen LogP contribution in [0.4, 0.5) is 0 Å². The van der Waals surface area contributed by atoms with Crippen LogP contribution >= 0.6 is 0 Å². The molecule has 224 valence electrons. The molecule has 0 unspecified atom stereocenters. The van der Waals surface area contributed by atoms with E-state index in [1.807, 2.05) is 36.4 Å². The van der Waals surface area contributed by atoms with Gasteiger partial charge in [0.2, 0.25) is 0 Å². The second-order valence-electron chi connectivity index (χ2n) is 13.7. The van der Waals surface area contributed by atoms with Gasteiger partial charge in [-0.2, -0.15) is 0 Å². The zero-order valence-electron chi connectivity index (χ0n) is 26.7. The quantitative estimate of drug-likeness (QED) is 0.202. The van der Waals surface area contributed by atoms with E-state index in [0.29, 0.717) is 17.5 Å². The lowest BCUT2D eigenvalue weighted by molar-refractivity contribution is 0.588. The molecule has 0 radical (unpaired) electrons. The summed E-state index contributed by atoms with van der Waals surface area (Å²) in [5.74, 6) is 2.00. The summed E-state index contributed by atoms with van der Waals surface area (Å²) in [5.41, 5.74) is 14.2. The Morgan fingerprint density at radius 3 is 1.34 bits per heavy atom. The fourth-order valence-electron chi connectivity index (χ4n) is 7.68. The molecule has 2 aliphatic carbocycles. The summed E-state index contributed by atoms with van der Waals surface area (Å²) in [5, 5.41) is 0. The monoisotopic (exact) mass is 603 g/mol. The van der Waals surface area contributed by atoms with E-state index in [-0.39, 0.29) is 5.41 Å². The molecule has 0 N–H and O–H groups in total. The molecule has 0 fully saturated rings. The predicted octanol–water partition coefficient (Wildman–Crippen LogP) is 10.5. The average molecular weight is 604 g/mol. The Hall–Kier alpha value is -5.67. The van der Waals surface area contributed by atoms with Gasteiger partial charge in [0.25, 0.3) is 0 Å². The van der Waals surface area contributed by atoms with Crippen molar-refractivity contribution >= 4 is 0 Å². The van der Waals surface area contributed by atoms with Crippen molar-refractivity contribution in [2.24, 2.45) is 0 Å². The first-order chi connectivity index (χ1) is 22.9. The van der Waals surface area contributed by atoms with Gasteiger partial charge in [-0.3, -0.25) is 0 Å². The minimum atomic E-state index is -0.452. The molecule has 3 heteroatoms. The maximum Gasteiger partial charge on any atom is 0.164 e. The fraction of sp³-hybridized carbons (Fsp3) is 0.114. The van der Waals surface area contributed by atoms with Crippen LogP contribution in [-0.2, 0) is 10.8 Å². The largest absolute Gasteiger partial charge is 0.208 e. The molecule has 6 aromatic carbocycles. The molecule has 0 saturated heterocycles. The summed E-state index contributed by atoms with van der Waals surface area (Å²) in [6.07, 6.45) is 0. The number of aromatic nitrogens is 3. The molecule has 7 aromatic rings. The van der Waals surface area contributed by atoms with Crippen LogP contribution < -0.4 is 0 Å². The predicted molar refractivity (Wildman–Crippen MR) is 191 cm³/mol. The standard InChI is InChI=1S/C44H33N3/c1-43(2,3)31-23-25-35-34-24-22-30(42-46-40(28-14-6-4-7-15-28)45-41(47-42)29-16-8-5-9-17-29)26-38(34)44(39(35)27-31)36-20-12-10-18-32(36)33-19-11-13-21-37(33)44/h4-27H,1-3H3. The second kappa shape index (κ2) is 10.2. The topological polar surface area (TPSA) is 38.7 Å². The number of nitrogens with zero attached hydrogens (tertiary/aromatic N) is 3. The maximum atomic E-state index is 5.10. The van der Waals surface area contributed by atoms with Crippen LogP contribution in [0.5, 0.6) is 0 Å². The average Bonchev–Trinajstić information content (AvgIpc) is 3.58. The molecule has 1 heterocycles. The van der Waals surface area contributed by atoms with E-state index in [9.17, 15) is 0 Å². The fourth-order valence-corrected chi connectivity index (χ4v) is 7.68. The van der Waals surface area contributed by atoms with Gasteiger partial charge in [-0.25, -0.2) is 15.0 Å². The van der Waals surface area contributed by atoms with Crippen molar-refractivity contribution in [3.63, 3.8) is 0 Å². The maximum absolute atomic E-state index is 5.10. The highest BCUT2D eigenvalue weighted by atomic mass is 15.0. The van der Waals surface area contributed by atoms with Crippen LogP contribution in [0.3, 0.4) is 0 Å². The third kappa shape index (κ3) is 4.09. The zero-order chi connectivity index (χ0) is 31.8. The molecule has 1 aromatic heterocycles. The van der Waals surface area contributed by atoms with Crippen molar-refractivity contribution in [3.05, 3.63) is 173 Å². The van der Waals surface area contributed by atoms with Crippen molar-refractivity contribution in [1.29, 1.82) is 0 Å². The van der Waals surface area contributed by atoms with E-state index in [0.717, 1.165) is 16.7 Å². The number of hydrogen-bond donors (Lipinski definition) is 0. The third-order valence-corrected chi connectivity index (χ3v) is 9.91. The highest BCUT2D eigenvalue weighted by molar-refractivity contribution is 5.96. The van der Waals surface area contributed by atoms with Gasteiger partial charge in [-0.1, -0.05) is 160 Å². The van der Waals surface area contributed by atoms with E-state index >= 15 is 0 Å². The highest BCUT2D eigenvalue weighted by Crippen LogP contribution is 2.63. The Bertz CT molecular complexity index is 2230. The Labute approximate surface area is 275 Å². The van der Waals surface area contributed by atoms with Crippen LogP contribution in [0.1, 0.15) is 48.6 Å². The van der Waals surface area contributed by atoms with Crippen molar-refractivity contribution < 1.29 is 0 Å². The van der Waals surface area contributed by atoms with E-state index in [2.05, 4.69) is 130 Å². The third-order valence-electron chi connectivity index (χ3n) is 9.91. The molecule has 0 atom stereocenters. The Balaban J connectivity index is 1.33. The lowest BCUT2D eigenvalue weighted by atomic mass is 9.69. The van der Waals surface area contributed by atoms with E-state index < -0.39 is 5.41 Å². The van der Waals surface area contributed by atoms with Gasteiger partial charge in [0.1, 0.15) is 0 Å². The molecular weight excluding hydrogens is 571 g/mol. The molecule has 9 rings (SSSR count). The molecule has 0 amide bonds. The summed E-state index contributed by atoms with van der Waals surface area (Å²) >= 11 is 0. The molecule has 0 aliphatic heterocycles. The van der Waals surface area contributed by atoms with Crippen molar-refractivity contribution in [1.82, 2.24) is 15.0 Å². The van der Waals surface area contributed by atoms with Gasteiger partial charge >= 0.3 is 0 Å². The molecule has 1 spiro atoms. The Morgan fingerprint density at radius 1 is 0.383 bits per heavy atom. The van der Waals surface area contributed by atoms with Crippen molar-refractivity contribution in [3.8, 4) is 56.4 Å². The van der Waals surface area contributed by atoms with Crippen LogP contribution in [0.25, 0.3) is 56.4 Å². The smallest absolute Gasteiger partial charge is 0.164 e. The first-order valence-electron chi connectivity index (χ1n) is 16.3. The van der Waals surface area contributed by atoms with Gasteiger partial charge in [-0.05, 0) is 61.6 Å². The normalized spacial score (nSPS) is 13.6. The lowest BCUT2D eigenvalue weighted by Crippen LogP contribution is -2.26. The lowest BCUT2D eigenvalue weighted by Gasteiger charge is -2.32. The SMILES string of the molecule is CC(C)(C)c1ccc2c(c1)C1(c3ccccc3-c3ccccc31)c1cc(-c3nc(-c4ccccc4)nc(-c4ccccc4)n3)ccc1-2. The molecular formula is C44H33N3. The van der Waals surface area contributed by atoms with E-state index in [1.165, 1.54) is 50.1 Å². The molecule has 3 nitrogen and oxygen atoms in total. The first kappa shape index (κ1) is 27.6.